The van der Waals surface area contributed by atoms with Crippen molar-refractivity contribution < 1.29 is 54.1 Å². The van der Waals surface area contributed by atoms with Gasteiger partial charge in [0.1, 0.15) is 17.5 Å². The largest absolute Gasteiger partial charge is 0.459 e. The fourth-order valence-corrected chi connectivity index (χ4v) is 8.60. The molecule has 11 heteroatoms. The van der Waals surface area contributed by atoms with Crippen LogP contribution in [0.5, 0.6) is 0 Å². The van der Waals surface area contributed by atoms with Gasteiger partial charge in [-0.05, 0) is 70.1 Å². The van der Waals surface area contributed by atoms with E-state index in [1.54, 1.807) is 20.8 Å². The van der Waals surface area contributed by atoms with Gasteiger partial charge >= 0.3 is 5.97 Å². The van der Waals surface area contributed by atoms with Gasteiger partial charge in [0.2, 0.25) is 0 Å². The van der Waals surface area contributed by atoms with E-state index in [9.17, 15) is 39.9 Å². The van der Waals surface area contributed by atoms with E-state index in [1.165, 1.54) is 39.8 Å². The molecule has 0 aromatic heterocycles. The number of hydrogen-bond donors (Lipinski definition) is 5. The van der Waals surface area contributed by atoms with E-state index in [-0.39, 0.29) is 30.0 Å². The maximum absolute atomic E-state index is 13.5. The number of allylic oxidation sites excluding steroid dienone is 4. The first kappa shape index (κ1) is 47.1. The summed E-state index contributed by atoms with van der Waals surface area (Å²) in [6.45, 7) is 17.1. The first-order chi connectivity index (χ1) is 25.6. The molecule has 0 aliphatic carbocycles. The minimum absolute atomic E-state index is 0.144. The third kappa shape index (κ3) is 12.1. The van der Waals surface area contributed by atoms with Crippen LogP contribution in [-0.4, -0.2) is 97.2 Å². The molecule has 0 amide bonds. The molecule has 1 spiro atoms. The van der Waals surface area contributed by atoms with Crippen molar-refractivity contribution in [2.24, 2.45) is 47.3 Å². The molecule has 0 radical (unpaired) electrons. The molecule has 0 unspecified atom stereocenters. The Labute approximate surface area is 329 Å². The predicted molar refractivity (Wildman–Crippen MR) is 210 cm³/mol. The van der Waals surface area contributed by atoms with Crippen molar-refractivity contribution in [3.63, 3.8) is 0 Å². The Morgan fingerprint density at radius 3 is 2.13 bits per heavy atom. The summed E-state index contributed by atoms with van der Waals surface area (Å²) in [6, 6.07) is 0. The van der Waals surface area contributed by atoms with Crippen LogP contribution in [0, 0.1) is 47.3 Å². The molecule has 2 fully saturated rings. The van der Waals surface area contributed by atoms with E-state index in [2.05, 4.69) is 19.9 Å². The van der Waals surface area contributed by atoms with E-state index in [1.807, 2.05) is 25.2 Å². The highest BCUT2D eigenvalue weighted by Gasteiger charge is 2.51. The molecule has 55 heavy (non-hydrogen) atoms. The number of fused-ring (bicyclic) bond motifs is 2. The van der Waals surface area contributed by atoms with Crippen LogP contribution in [0.2, 0.25) is 0 Å². The maximum atomic E-state index is 13.5. The Bertz CT molecular complexity index is 1350. The number of hydrogen-bond acceptors (Lipinski definition) is 11. The number of ketones is 2. The summed E-state index contributed by atoms with van der Waals surface area (Å²) < 4.78 is 19.7. The Balaban J connectivity index is 1.95. The highest BCUT2D eigenvalue weighted by molar-refractivity contribution is 5.91. The number of ether oxygens (including phenoxy) is 3. The Morgan fingerprint density at radius 2 is 1.49 bits per heavy atom. The van der Waals surface area contributed by atoms with Gasteiger partial charge in [-0.2, -0.15) is 0 Å². The van der Waals surface area contributed by atoms with Gasteiger partial charge < -0.3 is 39.7 Å². The standard InChI is InChI=1S/C44H72O11/c1-11-33-16-14-12-13-15-27(4)41(50)43(10,52)42(51)32(9)40(49)31(8)39(48)30(7)38(47)26(3)17-20-37(46)53-36-24-44(54-34(19-18-33)29(36)6)22-21-25(2)35(55-44)23-28(5)45/h12-14,16-17,20,25-36,38,40-41,45,47,49-50,52H,11,15,18-19,21-24H2,1-10H3/b13-12+,16-14?,20-17+/t25-,26-,27+,28+,29+,30-,31-,32-,33-,34-,35-,36-,38+,40+,41-,43+,44-/m1/s1. The summed E-state index contributed by atoms with van der Waals surface area (Å²) in [4.78, 5) is 40.3. The number of Topliss-reactive ketones (excluding diaryl/α,β-unsaturated/α-hetero) is 2. The minimum Gasteiger partial charge on any atom is -0.459 e. The highest BCUT2D eigenvalue weighted by atomic mass is 16.7. The molecule has 3 aliphatic heterocycles. The average Bonchev–Trinajstić information content (AvgIpc) is 3.14. The molecule has 3 aliphatic rings. The van der Waals surface area contributed by atoms with Crippen LogP contribution >= 0.6 is 0 Å². The highest BCUT2D eigenvalue weighted by Crippen LogP contribution is 2.46. The Kier molecular flexibility index (Phi) is 17.5. The quantitative estimate of drug-likeness (QED) is 0.224. The number of carbonyl (C=O) groups is 3. The van der Waals surface area contributed by atoms with E-state index < -0.39 is 89.0 Å². The smallest absolute Gasteiger partial charge is 0.330 e. The average molecular weight is 777 g/mol. The van der Waals surface area contributed by atoms with E-state index in [0.29, 0.717) is 32.1 Å². The van der Waals surface area contributed by atoms with Crippen molar-refractivity contribution in [3.05, 3.63) is 36.5 Å². The zero-order valence-corrected chi connectivity index (χ0v) is 35.0. The summed E-state index contributed by atoms with van der Waals surface area (Å²) >= 11 is 0. The molecular formula is C44H72O11. The van der Waals surface area contributed by atoms with Crippen LogP contribution in [0.25, 0.3) is 0 Å². The third-order valence-corrected chi connectivity index (χ3v) is 12.9. The second kappa shape index (κ2) is 20.4. The molecule has 2 bridgehead atoms. The van der Waals surface area contributed by atoms with Crippen LogP contribution in [0.1, 0.15) is 121 Å². The van der Waals surface area contributed by atoms with Crippen molar-refractivity contribution in [2.45, 2.75) is 175 Å². The maximum Gasteiger partial charge on any atom is 0.330 e. The summed E-state index contributed by atoms with van der Waals surface area (Å²) in [6.07, 6.45) is 10.1. The van der Waals surface area contributed by atoms with Gasteiger partial charge in [-0.15, -0.1) is 0 Å². The topological polar surface area (TPSA) is 180 Å². The third-order valence-electron chi connectivity index (χ3n) is 12.9. The molecule has 17 atom stereocenters. The predicted octanol–water partition coefficient (Wildman–Crippen LogP) is 5.64. The lowest BCUT2D eigenvalue weighted by molar-refractivity contribution is -0.347. The lowest BCUT2D eigenvalue weighted by Crippen LogP contribution is -2.57. The molecule has 3 heterocycles. The first-order valence-electron chi connectivity index (χ1n) is 20.8. The molecule has 0 aromatic carbocycles. The Hall–Kier alpha value is -2.25. The lowest BCUT2D eigenvalue weighted by atomic mass is 9.75. The second-order valence-corrected chi connectivity index (χ2v) is 17.6. The van der Waals surface area contributed by atoms with Gasteiger partial charge in [-0.3, -0.25) is 9.59 Å². The normalized spacial score (nSPS) is 45.5. The number of aliphatic hydroxyl groups is 5. The van der Waals surface area contributed by atoms with Gasteiger partial charge in [0.15, 0.2) is 11.6 Å². The van der Waals surface area contributed by atoms with Crippen molar-refractivity contribution >= 4 is 17.5 Å². The fourth-order valence-electron chi connectivity index (χ4n) is 8.60. The van der Waals surface area contributed by atoms with E-state index >= 15 is 0 Å². The van der Waals surface area contributed by atoms with Gasteiger partial charge in [0.25, 0.3) is 0 Å². The van der Waals surface area contributed by atoms with Crippen molar-refractivity contribution in [3.8, 4) is 0 Å². The number of aliphatic hydroxyl groups excluding tert-OH is 4. The van der Waals surface area contributed by atoms with Crippen molar-refractivity contribution in [1.29, 1.82) is 0 Å². The monoisotopic (exact) mass is 777 g/mol. The molecule has 0 saturated carbocycles. The molecule has 2 saturated heterocycles. The second-order valence-electron chi connectivity index (χ2n) is 17.6. The van der Waals surface area contributed by atoms with Gasteiger partial charge in [0.05, 0.1) is 36.6 Å². The van der Waals surface area contributed by atoms with Crippen LogP contribution < -0.4 is 0 Å². The summed E-state index contributed by atoms with van der Waals surface area (Å²) in [7, 11) is 0. The molecule has 0 aromatic rings. The number of carbonyl (C=O) groups excluding carboxylic acids is 3. The van der Waals surface area contributed by atoms with E-state index in [0.717, 1.165) is 19.3 Å². The molecular weight excluding hydrogens is 704 g/mol. The SMILES string of the molecule is CC[C@@H]1C=C/C=C/C[C@H](C)[C@@H](O)[C@](C)(O)C(=O)[C@H](C)[C@@H](O)[C@H](C)C(=O)[C@H](C)[C@@H](O)[C@H](C)/C=C/C(=O)O[C@@H]2C[C@]3(CC[C@@H](C)[C@@H](C[C@H](C)O)O3)O[C@H](CC1)[C@@H]2C. The summed E-state index contributed by atoms with van der Waals surface area (Å²) in [5, 5.41) is 54.9. The van der Waals surface area contributed by atoms with Crippen LogP contribution in [0.3, 0.4) is 0 Å². The fraction of sp³-hybridized carbons (Fsp3) is 0.795. The summed E-state index contributed by atoms with van der Waals surface area (Å²) in [5.41, 5.74) is -2.18. The Morgan fingerprint density at radius 1 is 0.836 bits per heavy atom. The summed E-state index contributed by atoms with van der Waals surface area (Å²) in [5.74, 6) is -6.86. The van der Waals surface area contributed by atoms with Crippen LogP contribution in [-0.2, 0) is 28.6 Å². The molecule has 5 N–H and O–H groups in total. The van der Waals surface area contributed by atoms with Gasteiger partial charge in [-0.25, -0.2) is 4.79 Å². The molecule has 314 valence electrons. The number of rotatable bonds is 3. The van der Waals surface area contributed by atoms with E-state index in [4.69, 9.17) is 14.2 Å². The zero-order chi connectivity index (χ0) is 41.4. The van der Waals surface area contributed by atoms with Gasteiger partial charge in [-0.1, -0.05) is 85.8 Å². The zero-order valence-electron chi connectivity index (χ0n) is 35.0. The van der Waals surface area contributed by atoms with Crippen molar-refractivity contribution in [1.82, 2.24) is 0 Å². The molecule has 11 nitrogen and oxygen atoms in total. The molecule has 3 rings (SSSR count). The van der Waals surface area contributed by atoms with Gasteiger partial charge in [0, 0.05) is 48.5 Å². The van der Waals surface area contributed by atoms with Crippen molar-refractivity contribution in [2.75, 3.05) is 0 Å². The van der Waals surface area contributed by atoms with Crippen LogP contribution in [0.15, 0.2) is 36.5 Å². The first-order valence-corrected chi connectivity index (χ1v) is 20.8. The lowest BCUT2D eigenvalue weighted by Gasteiger charge is -2.52. The van der Waals surface area contributed by atoms with Crippen LogP contribution in [0.4, 0.5) is 0 Å². The minimum atomic E-state index is -2.18. The number of esters is 1.